The third kappa shape index (κ3) is 1.77. The van der Waals surface area contributed by atoms with Crippen LogP contribution in [-0.4, -0.2) is 4.98 Å². The second-order valence-electron chi connectivity index (χ2n) is 1.67. The molecule has 1 aromatic heterocycles. The van der Waals surface area contributed by atoms with Gasteiger partial charge in [0.1, 0.15) is 0 Å². The standard InChI is InChI=1S/C6H7NS2/c1-2-3-5-4-9-6(8)7-5/h2,4H,1,3H2,(H,7,8). The second kappa shape index (κ2) is 2.94. The van der Waals surface area contributed by atoms with Crippen LogP contribution in [0.2, 0.25) is 0 Å². The average Bonchev–Trinajstić information content (AvgIpc) is 2.17. The van der Waals surface area contributed by atoms with Crippen molar-refractivity contribution in [2.75, 3.05) is 0 Å². The first-order chi connectivity index (χ1) is 4.33. The average molecular weight is 157 g/mol. The maximum Gasteiger partial charge on any atom is 0.158 e. The van der Waals surface area contributed by atoms with Gasteiger partial charge in [0.05, 0.1) is 0 Å². The molecule has 0 aliphatic carbocycles. The van der Waals surface area contributed by atoms with E-state index in [1.807, 2.05) is 11.5 Å². The SMILES string of the molecule is C=CCc1csc(=S)[nH]1. The Kier molecular flexibility index (Phi) is 2.19. The highest BCUT2D eigenvalue weighted by molar-refractivity contribution is 7.73. The van der Waals surface area contributed by atoms with Crippen molar-refractivity contribution in [1.82, 2.24) is 4.98 Å². The molecule has 0 bridgehead atoms. The molecule has 3 heteroatoms. The van der Waals surface area contributed by atoms with Gasteiger partial charge in [-0.05, 0) is 12.2 Å². The highest BCUT2D eigenvalue weighted by Gasteiger charge is 1.87. The van der Waals surface area contributed by atoms with E-state index in [1.54, 1.807) is 11.3 Å². The van der Waals surface area contributed by atoms with Gasteiger partial charge >= 0.3 is 0 Å². The highest BCUT2D eigenvalue weighted by Crippen LogP contribution is 2.04. The van der Waals surface area contributed by atoms with E-state index >= 15 is 0 Å². The molecule has 48 valence electrons. The van der Waals surface area contributed by atoms with E-state index in [9.17, 15) is 0 Å². The maximum absolute atomic E-state index is 4.88. The topological polar surface area (TPSA) is 15.8 Å². The number of hydrogen-bond acceptors (Lipinski definition) is 2. The first-order valence-electron chi connectivity index (χ1n) is 2.60. The van der Waals surface area contributed by atoms with Gasteiger partial charge in [0.15, 0.2) is 3.95 Å². The lowest BCUT2D eigenvalue weighted by Gasteiger charge is -1.82. The van der Waals surface area contributed by atoms with Crippen LogP contribution in [0.1, 0.15) is 5.69 Å². The van der Waals surface area contributed by atoms with Gasteiger partial charge in [0.25, 0.3) is 0 Å². The number of H-pyrrole nitrogens is 1. The Morgan fingerprint density at radius 3 is 3.11 bits per heavy atom. The summed E-state index contributed by atoms with van der Waals surface area (Å²) in [4.78, 5) is 3.04. The van der Waals surface area contributed by atoms with Crippen LogP contribution in [0.15, 0.2) is 18.0 Å². The van der Waals surface area contributed by atoms with Gasteiger partial charge in [-0.15, -0.1) is 17.9 Å². The minimum Gasteiger partial charge on any atom is -0.341 e. The third-order valence-corrected chi connectivity index (χ3v) is 2.04. The zero-order valence-electron chi connectivity index (χ0n) is 4.89. The molecule has 9 heavy (non-hydrogen) atoms. The van der Waals surface area contributed by atoms with Crippen LogP contribution in [0.25, 0.3) is 0 Å². The maximum atomic E-state index is 4.88. The zero-order valence-corrected chi connectivity index (χ0v) is 6.52. The monoisotopic (exact) mass is 157 g/mol. The van der Waals surface area contributed by atoms with Crippen LogP contribution < -0.4 is 0 Å². The van der Waals surface area contributed by atoms with Gasteiger partial charge in [-0.3, -0.25) is 0 Å². The van der Waals surface area contributed by atoms with Gasteiger partial charge in [-0.2, -0.15) is 0 Å². The van der Waals surface area contributed by atoms with Gasteiger partial charge in [0, 0.05) is 17.5 Å². The van der Waals surface area contributed by atoms with Crippen molar-refractivity contribution in [3.8, 4) is 0 Å². The lowest BCUT2D eigenvalue weighted by molar-refractivity contribution is 1.15. The van der Waals surface area contributed by atoms with E-state index in [2.05, 4.69) is 11.6 Å². The number of thiazole rings is 1. The van der Waals surface area contributed by atoms with Crippen molar-refractivity contribution >= 4 is 23.6 Å². The Morgan fingerprint density at radius 1 is 1.89 bits per heavy atom. The summed E-state index contributed by atoms with van der Waals surface area (Å²) in [6.45, 7) is 3.62. The molecule has 1 nitrogen and oxygen atoms in total. The van der Waals surface area contributed by atoms with E-state index < -0.39 is 0 Å². The number of rotatable bonds is 2. The van der Waals surface area contributed by atoms with Crippen molar-refractivity contribution in [2.24, 2.45) is 0 Å². The molecule has 0 aliphatic heterocycles. The van der Waals surface area contributed by atoms with Crippen LogP contribution >= 0.6 is 23.6 Å². The molecule has 0 amide bonds. The van der Waals surface area contributed by atoms with Crippen molar-refractivity contribution in [3.63, 3.8) is 0 Å². The van der Waals surface area contributed by atoms with Crippen LogP contribution in [-0.2, 0) is 6.42 Å². The van der Waals surface area contributed by atoms with Gasteiger partial charge in [-0.25, -0.2) is 0 Å². The molecule has 0 aliphatic rings. The molecule has 0 unspecified atom stereocenters. The van der Waals surface area contributed by atoms with E-state index in [0.29, 0.717) is 0 Å². The molecule has 0 fully saturated rings. The van der Waals surface area contributed by atoms with E-state index in [4.69, 9.17) is 12.2 Å². The third-order valence-electron chi connectivity index (χ3n) is 0.935. The number of hydrogen-bond donors (Lipinski definition) is 1. The lowest BCUT2D eigenvalue weighted by Crippen LogP contribution is -1.76. The molecule has 1 N–H and O–H groups in total. The van der Waals surface area contributed by atoms with Crippen LogP contribution in [0.3, 0.4) is 0 Å². The van der Waals surface area contributed by atoms with Crippen molar-refractivity contribution in [2.45, 2.75) is 6.42 Å². The molecule has 0 atom stereocenters. The van der Waals surface area contributed by atoms with Gasteiger partial charge in [0.2, 0.25) is 0 Å². The molecule has 1 aromatic rings. The Bertz CT molecular complexity index is 246. The summed E-state index contributed by atoms with van der Waals surface area (Å²) >= 11 is 6.43. The molecule has 0 saturated carbocycles. The highest BCUT2D eigenvalue weighted by atomic mass is 32.1. The first kappa shape index (κ1) is 6.71. The van der Waals surface area contributed by atoms with Gasteiger partial charge in [-0.1, -0.05) is 6.08 Å². The molecule has 0 radical (unpaired) electrons. The summed E-state index contributed by atoms with van der Waals surface area (Å²) in [5, 5.41) is 2.02. The van der Waals surface area contributed by atoms with Crippen LogP contribution in [0, 0.1) is 3.95 Å². The zero-order chi connectivity index (χ0) is 6.69. The number of aromatic nitrogens is 1. The minimum absolute atomic E-state index is 0.840. The second-order valence-corrected chi connectivity index (χ2v) is 3.21. The Hall–Kier alpha value is -0.410. The first-order valence-corrected chi connectivity index (χ1v) is 3.89. The van der Waals surface area contributed by atoms with Gasteiger partial charge < -0.3 is 4.98 Å². The predicted molar refractivity (Wildman–Crippen MR) is 43.4 cm³/mol. The summed E-state index contributed by atoms with van der Waals surface area (Å²) < 4.78 is 0.840. The van der Waals surface area contributed by atoms with E-state index in [1.165, 1.54) is 0 Å². The summed E-state index contributed by atoms with van der Waals surface area (Å²) in [7, 11) is 0. The number of allylic oxidation sites excluding steroid dienone is 1. The molecule has 0 spiro atoms. The fourth-order valence-corrected chi connectivity index (χ4v) is 1.44. The van der Waals surface area contributed by atoms with Crippen molar-refractivity contribution < 1.29 is 0 Å². The summed E-state index contributed by atoms with van der Waals surface area (Å²) in [5.74, 6) is 0. The minimum atomic E-state index is 0.840. The smallest absolute Gasteiger partial charge is 0.158 e. The largest absolute Gasteiger partial charge is 0.341 e. The quantitative estimate of drug-likeness (QED) is 0.515. The van der Waals surface area contributed by atoms with Crippen LogP contribution in [0.4, 0.5) is 0 Å². The fraction of sp³-hybridized carbons (Fsp3) is 0.167. The lowest BCUT2D eigenvalue weighted by atomic mass is 10.3. The van der Waals surface area contributed by atoms with E-state index in [-0.39, 0.29) is 0 Å². The molecule has 0 aromatic carbocycles. The summed E-state index contributed by atoms with van der Waals surface area (Å²) in [6, 6.07) is 0. The molecule has 1 rings (SSSR count). The molecular weight excluding hydrogens is 150 g/mol. The molecular formula is C6H7NS2. The normalized spacial score (nSPS) is 9.33. The van der Waals surface area contributed by atoms with Crippen molar-refractivity contribution in [1.29, 1.82) is 0 Å². The van der Waals surface area contributed by atoms with Crippen LogP contribution in [0.5, 0.6) is 0 Å². The number of nitrogens with one attached hydrogen (secondary N) is 1. The predicted octanol–water partition coefficient (Wildman–Crippen LogP) is 2.53. The Labute approximate surface area is 63.1 Å². The fourth-order valence-electron chi connectivity index (χ4n) is 0.569. The van der Waals surface area contributed by atoms with E-state index in [0.717, 1.165) is 16.1 Å². The summed E-state index contributed by atoms with van der Waals surface area (Å²) in [5.41, 5.74) is 1.15. The summed E-state index contributed by atoms with van der Waals surface area (Å²) in [6.07, 6.45) is 2.74. The Morgan fingerprint density at radius 2 is 2.67 bits per heavy atom. The number of aromatic amines is 1. The molecule has 0 saturated heterocycles. The van der Waals surface area contributed by atoms with Crippen molar-refractivity contribution in [3.05, 3.63) is 27.7 Å². The Balaban J connectivity index is 2.84. The molecule has 1 heterocycles.